The molecule has 5 rings (SSSR count). The van der Waals surface area contributed by atoms with Gasteiger partial charge in [0.2, 0.25) is 18.7 Å². The minimum atomic E-state index is -0.551. The van der Waals surface area contributed by atoms with Crippen molar-refractivity contribution in [1.82, 2.24) is 10.1 Å². The molecule has 0 spiro atoms. The topological polar surface area (TPSA) is 96.1 Å². The maximum absolute atomic E-state index is 9.57. The fraction of sp³-hybridized carbons (Fsp3) is 0.176. The zero-order valence-electron chi connectivity index (χ0n) is 12.8. The Morgan fingerprint density at radius 2 is 1.76 bits per heavy atom. The first-order chi connectivity index (χ1) is 12.3. The molecule has 8 heteroatoms. The summed E-state index contributed by atoms with van der Waals surface area (Å²) in [4.78, 5) is 4.38. The normalized spacial score (nSPS) is 17.5. The van der Waals surface area contributed by atoms with Gasteiger partial charge in [0, 0.05) is 11.6 Å². The van der Waals surface area contributed by atoms with Crippen LogP contribution < -0.4 is 18.9 Å². The summed E-state index contributed by atoms with van der Waals surface area (Å²) in [5.41, 5.74) is 0.744. The minimum Gasteiger partial charge on any atom is -0.508 e. The molecule has 126 valence electrons. The quantitative estimate of drug-likeness (QED) is 0.761. The zero-order chi connectivity index (χ0) is 16.8. The molecule has 3 aromatic rings. The maximum Gasteiger partial charge on any atom is 0.271 e. The third-order valence-electron chi connectivity index (χ3n) is 3.93. The van der Waals surface area contributed by atoms with Gasteiger partial charge in [-0.25, -0.2) is 0 Å². The second-order valence-corrected chi connectivity index (χ2v) is 5.57. The molecule has 2 aromatic carbocycles. The standard InChI is InChI=1S/C17H12N2O6/c20-10-2-4-12-14(6-10)24-15(7-21-12)17-18-16(19-25-17)9-1-3-11-13(5-9)23-8-22-11/h1-6,15,20H,7-8H2. The molecule has 0 saturated carbocycles. The monoisotopic (exact) mass is 340 g/mol. The van der Waals surface area contributed by atoms with Crippen LogP contribution in [0.1, 0.15) is 12.0 Å². The smallest absolute Gasteiger partial charge is 0.271 e. The number of benzene rings is 2. The summed E-state index contributed by atoms with van der Waals surface area (Å²) in [6.07, 6.45) is -0.551. The first-order valence-corrected chi connectivity index (χ1v) is 7.62. The number of ether oxygens (including phenoxy) is 4. The van der Waals surface area contributed by atoms with Crippen LogP contribution in [0.15, 0.2) is 40.9 Å². The van der Waals surface area contributed by atoms with Gasteiger partial charge in [-0.15, -0.1) is 0 Å². The molecule has 3 heterocycles. The minimum absolute atomic E-state index is 0.0922. The van der Waals surface area contributed by atoms with E-state index in [4.69, 9.17) is 23.5 Å². The second kappa shape index (κ2) is 5.30. The molecule has 25 heavy (non-hydrogen) atoms. The van der Waals surface area contributed by atoms with Crippen molar-refractivity contribution in [2.45, 2.75) is 6.10 Å². The number of phenols is 1. The molecule has 2 aliphatic heterocycles. The van der Waals surface area contributed by atoms with Crippen molar-refractivity contribution in [2.75, 3.05) is 13.4 Å². The Bertz CT molecular complexity index is 954. The van der Waals surface area contributed by atoms with Crippen LogP contribution >= 0.6 is 0 Å². The van der Waals surface area contributed by atoms with E-state index in [0.29, 0.717) is 34.7 Å². The summed E-state index contributed by atoms with van der Waals surface area (Å²) in [5.74, 6) is 3.12. The summed E-state index contributed by atoms with van der Waals surface area (Å²) in [7, 11) is 0. The molecule has 1 atom stereocenters. The number of nitrogens with zero attached hydrogens (tertiary/aromatic N) is 2. The highest BCUT2D eigenvalue weighted by Gasteiger charge is 2.28. The van der Waals surface area contributed by atoms with Gasteiger partial charge in [-0.2, -0.15) is 4.98 Å². The highest BCUT2D eigenvalue weighted by atomic mass is 16.7. The molecular formula is C17H12N2O6. The number of rotatable bonds is 2. The molecule has 0 fully saturated rings. The van der Waals surface area contributed by atoms with Crippen molar-refractivity contribution in [3.8, 4) is 40.1 Å². The molecule has 1 aromatic heterocycles. The van der Waals surface area contributed by atoms with Gasteiger partial charge < -0.3 is 28.6 Å². The average Bonchev–Trinajstić information content (AvgIpc) is 3.29. The van der Waals surface area contributed by atoms with Crippen molar-refractivity contribution in [1.29, 1.82) is 0 Å². The molecule has 1 unspecified atom stereocenters. The van der Waals surface area contributed by atoms with E-state index in [0.717, 1.165) is 5.56 Å². The van der Waals surface area contributed by atoms with E-state index < -0.39 is 6.10 Å². The van der Waals surface area contributed by atoms with Crippen LogP contribution in [0.25, 0.3) is 11.4 Å². The van der Waals surface area contributed by atoms with E-state index in [-0.39, 0.29) is 19.1 Å². The highest BCUT2D eigenvalue weighted by molar-refractivity contribution is 5.61. The largest absolute Gasteiger partial charge is 0.508 e. The van der Waals surface area contributed by atoms with Crippen molar-refractivity contribution in [3.05, 3.63) is 42.3 Å². The number of fused-ring (bicyclic) bond motifs is 2. The molecule has 8 nitrogen and oxygen atoms in total. The fourth-order valence-corrected chi connectivity index (χ4v) is 2.70. The van der Waals surface area contributed by atoms with Crippen LogP contribution in [0, 0.1) is 0 Å². The molecule has 2 aliphatic rings. The zero-order valence-corrected chi connectivity index (χ0v) is 12.8. The Labute approximate surface area is 141 Å². The molecule has 0 radical (unpaired) electrons. The molecule has 0 saturated heterocycles. The molecule has 0 amide bonds. The fourth-order valence-electron chi connectivity index (χ4n) is 2.70. The lowest BCUT2D eigenvalue weighted by molar-refractivity contribution is 0.0662. The summed E-state index contributed by atoms with van der Waals surface area (Å²) in [5, 5.41) is 13.6. The molecule has 1 N–H and O–H groups in total. The summed E-state index contributed by atoms with van der Waals surface area (Å²) >= 11 is 0. The third-order valence-corrected chi connectivity index (χ3v) is 3.93. The molecule has 0 bridgehead atoms. The van der Waals surface area contributed by atoms with Crippen molar-refractivity contribution in [2.24, 2.45) is 0 Å². The maximum atomic E-state index is 9.57. The Hall–Kier alpha value is -3.42. The lowest BCUT2D eigenvalue weighted by Gasteiger charge is -2.23. The van der Waals surface area contributed by atoms with E-state index >= 15 is 0 Å². The van der Waals surface area contributed by atoms with Gasteiger partial charge in [-0.05, 0) is 30.3 Å². The number of hydrogen-bond acceptors (Lipinski definition) is 8. The highest BCUT2D eigenvalue weighted by Crippen LogP contribution is 2.39. The van der Waals surface area contributed by atoms with Gasteiger partial charge in [0.25, 0.3) is 5.89 Å². The van der Waals surface area contributed by atoms with E-state index in [1.165, 1.54) is 12.1 Å². The number of aromatic hydroxyl groups is 1. The Kier molecular flexibility index (Phi) is 2.96. The number of phenolic OH excluding ortho intramolecular Hbond substituents is 1. The van der Waals surface area contributed by atoms with Crippen LogP contribution in [0.5, 0.6) is 28.7 Å². The summed E-state index contributed by atoms with van der Waals surface area (Å²) in [6, 6.07) is 10.1. The Morgan fingerprint density at radius 1 is 0.920 bits per heavy atom. The van der Waals surface area contributed by atoms with E-state index in [9.17, 15) is 5.11 Å². The molecule has 0 aliphatic carbocycles. The lowest BCUT2D eigenvalue weighted by atomic mass is 10.2. The first-order valence-electron chi connectivity index (χ1n) is 7.62. The van der Waals surface area contributed by atoms with E-state index in [1.807, 2.05) is 6.07 Å². The van der Waals surface area contributed by atoms with Gasteiger partial charge in [0.15, 0.2) is 23.0 Å². The summed E-state index contributed by atoms with van der Waals surface area (Å²) < 4.78 is 27.4. The van der Waals surface area contributed by atoms with Crippen LogP contribution in [0.2, 0.25) is 0 Å². The van der Waals surface area contributed by atoms with Crippen LogP contribution in [0.3, 0.4) is 0 Å². The summed E-state index contributed by atoms with van der Waals surface area (Å²) in [6.45, 7) is 0.441. The second-order valence-electron chi connectivity index (χ2n) is 5.57. The van der Waals surface area contributed by atoms with Gasteiger partial charge in [0.05, 0.1) is 0 Å². The number of aromatic nitrogens is 2. The van der Waals surface area contributed by atoms with Crippen molar-refractivity contribution >= 4 is 0 Å². The Morgan fingerprint density at radius 3 is 2.72 bits per heavy atom. The van der Waals surface area contributed by atoms with Crippen molar-refractivity contribution in [3.63, 3.8) is 0 Å². The van der Waals surface area contributed by atoms with Gasteiger partial charge >= 0.3 is 0 Å². The third kappa shape index (κ3) is 2.38. The van der Waals surface area contributed by atoms with Crippen LogP contribution in [-0.2, 0) is 0 Å². The molecular weight excluding hydrogens is 328 g/mol. The van der Waals surface area contributed by atoms with Crippen LogP contribution in [0.4, 0.5) is 0 Å². The Balaban J connectivity index is 1.41. The van der Waals surface area contributed by atoms with E-state index in [2.05, 4.69) is 10.1 Å². The predicted octanol–water partition coefficient (Wildman–Crippen LogP) is 2.68. The van der Waals surface area contributed by atoms with E-state index in [1.54, 1.807) is 18.2 Å². The lowest BCUT2D eigenvalue weighted by Crippen LogP contribution is -2.21. The average molecular weight is 340 g/mol. The number of hydrogen-bond donors (Lipinski definition) is 1. The van der Waals surface area contributed by atoms with Gasteiger partial charge in [-0.1, -0.05) is 5.16 Å². The van der Waals surface area contributed by atoms with Crippen LogP contribution in [-0.4, -0.2) is 28.6 Å². The first kappa shape index (κ1) is 14.0. The van der Waals surface area contributed by atoms with Crippen molar-refractivity contribution < 1.29 is 28.6 Å². The predicted molar refractivity (Wildman–Crippen MR) is 82.8 cm³/mol. The SMILES string of the molecule is Oc1ccc2c(c1)OC(c1nc(-c3ccc4c(c3)OCO4)no1)CO2. The van der Waals surface area contributed by atoms with Gasteiger partial charge in [0.1, 0.15) is 12.4 Å². The van der Waals surface area contributed by atoms with Gasteiger partial charge in [-0.3, -0.25) is 0 Å².